The van der Waals surface area contributed by atoms with Crippen LogP contribution in [0.1, 0.15) is 19.3 Å². The molecule has 0 aliphatic rings. The van der Waals surface area contributed by atoms with Gasteiger partial charge in [0.05, 0.1) is 6.16 Å². The van der Waals surface area contributed by atoms with Gasteiger partial charge in [0.1, 0.15) is 0 Å². The Balaban J connectivity index is 5.59. The second-order valence-corrected chi connectivity index (χ2v) is 12.7. The summed E-state index contributed by atoms with van der Waals surface area (Å²) >= 11 is 0. The standard InChI is InChI=1S/C8H20O12P4/c9-21(10,11)6-2-1-4-8(23(15,16)17,24(18,19)20)5-3-7-22(12,13)14/h1,4H,2-3,5-7H2,(H2,9,10,11)(H2,12,13,14)(H2,15,16,17)(H2,18,19,20)/b4-1+. The van der Waals surface area contributed by atoms with Crippen molar-refractivity contribution in [3.63, 3.8) is 0 Å². The molecule has 0 amide bonds. The summed E-state index contributed by atoms with van der Waals surface area (Å²) < 4.78 is 44.8. The highest BCUT2D eigenvalue weighted by atomic mass is 31.2. The quantitative estimate of drug-likeness (QED) is 0.170. The van der Waals surface area contributed by atoms with E-state index in [1.54, 1.807) is 0 Å². The summed E-state index contributed by atoms with van der Waals surface area (Å²) in [5, 5.41) is 0. The summed E-state index contributed by atoms with van der Waals surface area (Å²) in [4.78, 5) is 69.3. The summed E-state index contributed by atoms with van der Waals surface area (Å²) in [5.41, 5.74) is 0. The average Bonchev–Trinajstić information content (AvgIpc) is 2.26. The van der Waals surface area contributed by atoms with E-state index < -0.39 is 66.9 Å². The van der Waals surface area contributed by atoms with Crippen molar-refractivity contribution >= 4 is 30.4 Å². The maximum Gasteiger partial charge on any atom is 0.347 e. The normalized spacial score (nSPS) is 15.2. The lowest BCUT2D eigenvalue weighted by molar-refractivity contribution is 0.314. The van der Waals surface area contributed by atoms with Crippen LogP contribution >= 0.6 is 30.4 Å². The second-order valence-electron chi connectivity index (χ2n) is 5.04. The molecule has 16 heteroatoms. The van der Waals surface area contributed by atoms with E-state index in [0.29, 0.717) is 6.08 Å². The molecule has 12 nitrogen and oxygen atoms in total. The molecule has 0 aliphatic carbocycles. The average molecular weight is 432 g/mol. The zero-order valence-corrected chi connectivity index (χ0v) is 15.8. The molecule has 0 bridgehead atoms. The van der Waals surface area contributed by atoms with Crippen LogP contribution in [0.4, 0.5) is 0 Å². The van der Waals surface area contributed by atoms with Gasteiger partial charge in [0.25, 0.3) is 0 Å². The van der Waals surface area contributed by atoms with Gasteiger partial charge in [0.2, 0.25) is 0 Å². The van der Waals surface area contributed by atoms with Crippen molar-refractivity contribution < 1.29 is 57.4 Å². The molecule has 0 saturated carbocycles. The minimum absolute atomic E-state index is 0.412. The molecule has 0 unspecified atom stereocenters. The zero-order valence-electron chi connectivity index (χ0n) is 12.2. The second kappa shape index (κ2) is 8.35. The molecule has 144 valence electrons. The summed E-state index contributed by atoms with van der Waals surface area (Å²) in [6.07, 6.45) is -2.19. The summed E-state index contributed by atoms with van der Waals surface area (Å²) in [7, 11) is -19.9. The first-order chi connectivity index (χ1) is 10.4. The first-order valence-corrected chi connectivity index (χ1v) is 13.1. The lowest BCUT2D eigenvalue weighted by Gasteiger charge is -2.32. The van der Waals surface area contributed by atoms with Crippen molar-refractivity contribution in [2.75, 3.05) is 12.3 Å². The molecule has 0 atom stereocenters. The minimum atomic E-state index is -5.49. The maximum atomic E-state index is 11.7. The van der Waals surface area contributed by atoms with E-state index in [4.69, 9.17) is 19.6 Å². The molecule has 0 aromatic heterocycles. The van der Waals surface area contributed by atoms with Gasteiger partial charge in [-0.3, -0.25) is 18.3 Å². The SMILES string of the molecule is O=P(O)(O)CC/C=C/C(CCCP(=O)(O)O)(P(=O)(O)O)P(=O)(O)O. The smallest absolute Gasteiger partial charge is 0.324 e. The van der Waals surface area contributed by atoms with E-state index in [1.165, 1.54) is 0 Å². The van der Waals surface area contributed by atoms with Gasteiger partial charge in [0, 0.05) is 6.16 Å². The predicted octanol–water partition coefficient (Wildman–Crippen LogP) is 0.120. The molecular formula is C8H20O12P4. The van der Waals surface area contributed by atoms with Crippen molar-refractivity contribution in [1.82, 2.24) is 0 Å². The van der Waals surface area contributed by atoms with Crippen LogP contribution in [0.3, 0.4) is 0 Å². The molecule has 8 N–H and O–H groups in total. The Kier molecular flexibility index (Phi) is 8.47. The van der Waals surface area contributed by atoms with Gasteiger partial charge in [-0.15, -0.1) is 0 Å². The Labute approximate surface area is 137 Å². The van der Waals surface area contributed by atoms with Gasteiger partial charge >= 0.3 is 30.4 Å². The monoisotopic (exact) mass is 432 g/mol. The van der Waals surface area contributed by atoms with Gasteiger partial charge < -0.3 is 39.1 Å². The van der Waals surface area contributed by atoms with Crippen LogP contribution in [0.2, 0.25) is 0 Å². The Hall–Kier alpha value is 0.340. The van der Waals surface area contributed by atoms with Crippen LogP contribution in [-0.4, -0.2) is 56.4 Å². The molecule has 0 heterocycles. The molecule has 0 fully saturated rings. The first-order valence-electron chi connectivity index (χ1n) is 6.29. The number of hydrogen-bond donors (Lipinski definition) is 8. The summed E-state index contributed by atoms with van der Waals surface area (Å²) in [6, 6.07) is 0. The number of allylic oxidation sites excluding steroid dienone is 2. The number of rotatable bonds is 10. The van der Waals surface area contributed by atoms with Gasteiger partial charge in [-0.1, -0.05) is 12.2 Å². The van der Waals surface area contributed by atoms with Crippen molar-refractivity contribution in [3.05, 3.63) is 12.2 Å². The highest BCUT2D eigenvalue weighted by molar-refractivity contribution is 7.72. The molecule has 0 spiro atoms. The third kappa shape index (κ3) is 8.15. The van der Waals surface area contributed by atoms with Crippen molar-refractivity contribution in [1.29, 1.82) is 0 Å². The Bertz CT molecular complexity index is 609. The fourth-order valence-corrected chi connectivity index (χ4v) is 5.71. The first kappa shape index (κ1) is 24.3. The van der Waals surface area contributed by atoms with Crippen LogP contribution in [0.15, 0.2) is 12.2 Å². The van der Waals surface area contributed by atoms with Gasteiger partial charge in [0.15, 0.2) is 4.90 Å². The summed E-state index contributed by atoms with van der Waals surface area (Å²) in [6.45, 7) is 0. The lowest BCUT2D eigenvalue weighted by atomic mass is 10.2. The Morgan fingerprint density at radius 2 is 1.12 bits per heavy atom. The molecular weight excluding hydrogens is 412 g/mol. The fourth-order valence-electron chi connectivity index (χ4n) is 1.80. The zero-order chi connectivity index (χ0) is 19.4. The van der Waals surface area contributed by atoms with Crippen molar-refractivity contribution in [3.8, 4) is 0 Å². The molecule has 0 aromatic rings. The van der Waals surface area contributed by atoms with Crippen molar-refractivity contribution in [2.45, 2.75) is 24.2 Å². The molecule has 24 heavy (non-hydrogen) atoms. The maximum absolute atomic E-state index is 11.7. The molecule has 0 saturated heterocycles. The van der Waals surface area contributed by atoms with E-state index in [1.807, 2.05) is 0 Å². The van der Waals surface area contributed by atoms with Crippen LogP contribution in [0.25, 0.3) is 0 Å². The highest BCUT2D eigenvalue weighted by Crippen LogP contribution is 2.71. The molecule has 0 aromatic carbocycles. The highest BCUT2D eigenvalue weighted by Gasteiger charge is 2.57. The Morgan fingerprint density at radius 3 is 1.46 bits per heavy atom. The van der Waals surface area contributed by atoms with Gasteiger partial charge in [-0.25, -0.2) is 0 Å². The topological polar surface area (TPSA) is 230 Å². The van der Waals surface area contributed by atoms with Crippen LogP contribution < -0.4 is 0 Å². The molecule has 0 rings (SSSR count). The number of hydrogen-bond acceptors (Lipinski definition) is 4. The van der Waals surface area contributed by atoms with E-state index in [9.17, 15) is 37.8 Å². The Morgan fingerprint density at radius 1 is 0.708 bits per heavy atom. The summed E-state index contributed by atoms with van der Waals surface area (Å²) in [5.74, 6) is 0. The van der Waals surface area contributed by atoms with Gasteiger partial charge in [-0.05, 0) is 19.3 Å². The van der Waals surface area contributed by atoms with E-state index >= 15 is 0 Å². The molecule has 0 radical (unpaired) electrons. The fraction of sp³-hybridized carbons (Fsp3) is 0.750. The van der Waals surface area contributed by atoms with Crippen LogP contribution in [0, 0.1) is 0 Å². The lowest BCUT2D eigenvalue weighted by Crippen LogP contribution is -2.27. The van der Waals surface area contributed by atoms with E-state index in [-0.39, 0.29) is 0 Å². The van der Waals surface area contributed by atoms with Gasteiger partial charge in [-0.2, -0.15) is 0 Å². The predicted molar refractivity (Wildman–Crippen MR) is 83.6 cm³/mol. The van der Waals surface area contributed by atoms with Crippen LogP contribution in [0.5, 0.6) is 0 Å². The minimum Gasteiger partial charge on any atom is -0.324 e. The third-order valence-corrected chi connectivity index (χ3v) is 9.04. The van der Waals surface area contributed by atoms with E-state index in [2.05, 4.69) is 0 Å². The third-order valence-electron chi connectivity index (χ3n) is 2.97. The van der Waals surface area contributed by atoms with Crippen LogP contribution in [-0.2, 0) is 18.3 Å². The molecule has 0 aliphatic heterocycles. The van der Waals surface area contributed by atoms with E-state index in [0.717, 1.165) is 6.08 Å². The van der Waals surface area contributed by atoms with Crippen molar-refractivity contribution in [2.24, 2.45) is 0 Å². The largest absolute Gasteiger partial charge is 0.347 e.